The molecule has 0 atom stereocenters. The Balaban J connectivity index is 1.82. The molecule has 8 heteroatoms. The molecule has 1 aliphatic rings. The zero-order valence-corrected chi connectivity index (χ0v) is 15.3. The number of amides is 1. The van der Waals surface area contributed by atoms with Gasteiger partial charge >= 0.3 is 0 Å². The van der Waals surface area contributed by atoms with Gasteiger partial charge < -0.3 is 10.1 Å². The molecule has 3 rings (SSSR count). The largest absolute Gasteiger partial charge is 0.492 e. The van der Waals surface area contributed by atoms with Crippen molar-refractivity contribution < 1.29 is 17.9 Å². The van der Waals surface area contributed by atoms with Crippen molar-refractivity contribution in [1.82, 2.24) is 10.3 Å². The molecule has 26 heavy (non-hydrogen) atoms. The van der Waals surface area contributed by atoms with Crippen LogP contribution in [0.4, 0.5) is 5.69 Å². The first-order chi connectivity index (χ1) is 12.5. The van der Waals surface area contributed by atoms with Gasteiger partial charge in [0.2, 0.25) is 0 Å². The second-order valence-electron chi connectivity index (χ2n) is 6.10. The Morgan fingerprint density at radius 1 is 1.27 bits per heavy atom. The van der Waals surface area contributed by atoms with E-state index >= 15 is 0 Å². The summed E-state index contributed by atoms with van der Waals surface area (Å²) >= 11 is 0. The molecule has 2 N–H and O–H groups in total. The maximum absolute atomic E-state index is 12.8. The molecule has 0 saturated heterocycles. The number of carbonyl (C=O) groups excluding carboxylic acids is 1. The second kappa shape index (κ2) is 7.74. The predicted octanol–water partition coefficient (Wildman–Crippen LogP) is 2.42. The molecule has 7 nitrogen and oxygen atoms in total. The Labute approximate surface area is 152 Å². The third kappa shape index (κ3) is 4.51. The first-order valence-electron chi connectivity index (χ1n) is 8.47. The van der Waals surface area contributed by atoms with E-state index in [1.807, 2.05) is 6.92 Å². The highest BCUT2D eigenvalue weighted by atomic mass is 32.2. The summed E-state index contributed by atoms with van der Waals surface area (Å²) in [6.45, 7) is 2.84. The van der Waals surface area contributed by atoms with E-state index in [-0.39, 0.29) is 22.1 Å². The Kier molecular flexibility index (Phi) is 5.41. The molecule has 0 aliphatic heterocycles. The summed E-state index contributed by atoms with van der Waals surface area (Å²) in [6.07, 6.45) is 5.09. The summed E-state index contributed by atoms with van der Waals surface area (Å²) in [4.78, 5) is 16.3. The number of nitrogens with one attached hydrogen (secondary N) is 2. The lowest BCUT2D eigenvalue weighted by atomic mass is 10.2. The number of carbonyl (C=O) groups is 1. The lowest BCUT2D eigenvalue weighted by Crippen LogP contribution is -2.28. The molecule has 1 heterocycles. The average molecular weight is 375 g/mol. The number of pyridine rings is 1. The molecule has 1 aliphatic carbocycles. The molecule has 0 radical (unpaired) electrons. The van der Waals surface area contributed by atoms with E-state index in [4.69, 9.17) is 4.74 Å². The number of hydrogen-bond donors (Lipinski definition) is 2. The molecule has 1 aromatic heterocycles. The highest BCUT2D eigenvalue weighted by Gasteiger charge is 2.25. The van der Waals surface area contributed by atoms with Crippen LogP contribution in [0, 0.1) is 5.92 Å². The van der Waals surface area contributed by atoms with Crippen molar-refractivity contribution in [2.45, 2.75) is 24.7 Å². The number of anilines is 1. The minimum atomic E-state index is -3.95. The maximum Gasteiger partial charge on any atom is 0.262 e. The molecule has 0 unspecified atom stereocenters. The van der Waals surface area contributed by atoms with E-state index in [0.29, 0.717) is 24.8 Å². The second-order valence-corrected chi connectivity index (χ2v) is 7.75. The van der Waals surface area contributed by atoms with Crippen molar-refractivity contribution >= 4 is 21.6 Å². The van der Waals surface area contributed by atoms with Gasteiger partial charge in [-0.1, -0.05) is 12.1 Å². The molecule has 138 valence electrons. The van der Waals surface area contributed by atoms with E-state index in [1.165, 1.54) is 24.5 Å². The van der Waals surface area contributed by atoms with Gasteiger partial charge in [-0.2, -0.15) is 0 Å². The molecule has 1 saturated carbocycles. The summed E-state index contributed by atoms with van der Waals surface area (Å²) in [7, 11) is -3.95. The van der Waals surface area contributed by atoms with E-state index in [9.17, 15) is 13.2 Å². The number of sulfonamides is 1. The number of ether oxygens (including phenoxy) is 1. The normalized spacial score (nSPS) is 13.9. The number of rotatable bonds is 8. The molecule has 0 bridgehead atoms. The summed E-state index contributed by atoms with van der Waals surface area (Å²) < 4.78 is 33.4. The molecule has 1 amide bonds. The van der Waals surface area contributed by atoms with E-state index < -0.39 is 10.0 Å². The maximum atomic E-state index is 12.8. The van der Waals surface area contributed by atoms with Crippen LogP contribution in [0.15, 0.2) is 47.6 Å². The number of benzene rings is 1. The van der Waals surface area contributed by atoms with Crippen LogP contribution in [0.2, 0.25) is 0 Å². The zero-order chi connectivity index (χ0) is 18.6. The van der Waals surface area contributed by atoms with Crippen LogP contribution in [0.1, 0.15) is 30.1 Å². The Bertz CT molecular complexity index is 895. The third-order valence-electron chi connectivity index (χ3n) is 3.95. The van der Waals surface area contributed by atoms with Crippen molar-refractivity contribution in [2.75, 3.05) is 17.9 Å². The van der Waals surface area contributed by atoms with Crippen LogP contribution >= 0.6 is 0 Å². The van der Waals surface area contributed by atoms with E-state index in [1.54, 1.807) is 18.2 Å². The molecule has 0 spiro atoms. The van der Waals surface area contributed by atoms with Crippen LogP contribution in [0.5, 0.6) is 5.75 Å². The van der Waals surface area contributed by atoms with Crippen LogP contribution in [0.25, 0.3) is 0 Å². The molecule has 1 fully saturated rings. The zero-order valence-electron chi connectivity index (χ0n) is 14.4. The third-order valence-corrected chi connectivity index (χ3v) is 5.39. The summed E-state index contributed by atoms with van der Waals surface area (Å²) in [5, 5.41) is 2.80. The van der Waals surface area contributed by atoms with Gasteiger partial charge in [0.15, 0.2) is 0 Å². The van der Waals surface area contributed by atoms with Crippen molar-refractivity contribution in [1.29, 1.82) is 0 Å². The first-order valence-corrected chi connectivity index (χ1v) is 9.96. The SMILES string of the molecule is CCOc1cncc(NS(=O)(=O)c2ccccc2C(=O)NCC2CC2)c1. The minimum absolute atomic E-state index is 0.0740. The average Bonchev–Trinajstić information content (AvgIpc) is 3.44. The number of hydrogen-bond acceptors (Lipinski definition) is 5. The standard InChI is InChI=1S/C18H21N3O4S/c1-2-25-15-9-14(11-19-12-15)21-26(23,24)17-6-4-3-5-16(17)18(22)20-10-13-7-8-13/h3-6,9,11-13,21H,2,7-8,10H2,1H3,(H,20,22). The van der Waals surface area contributed by atoms with Gasteiger partial charge in [0, 0.05) is 12.6 Å². The quantitative estimate of drug-likeness (QED) is 0.738. The van der Waals surface area contributed by atoms with Crippen LogP contribution < -0.4 is 14.8 Å². The Morgan fingerprint density at radius 2 is 2.04 bits per heavy atom. The Morgan fingerprint density at radius 3 is 2.77 bits per heavy atom. The molecule has 2 aromatic rings. The van der Waals surface area contributed by atoms with Crippen molar-refractivity contribution in [3.05, 3.63) is 48.3 Å². The number of nitrogens with zero attached hydrogens (tertiary/aromatic N) is 1. The first kappa shape index (κ1) is 18.2. The smallest absolute Gasteiger partial charge is 0.262 e. The Hall–Kier alpha value is -2.61. The lowest BCUT2D eigenvalue weighted by Gasteiger charge is -2.13. The van der Waals surface area contributed by atoms with E-state index in [2.05, 4.69) is 15.0 Å². The van der Waals surface area contributed by atoms with Crippen molar-refractivity contribution in [3.63, 3.8) is 0 Å². The summed E-state index contributed by atoms with van der Waals surface area (Å²) in [6, 6.07) is 7.69. The van der Waals surface area contributed by atoms with Gasteiger partial charge in [-0.05, 0) is 37.8 Å². The van der Waals surface area contributed by atoms with Gasteiger partial charge in [-0.3, -0.25) is 14.5 Å². The fourth-order valence-corrected chi connectivity index (χ4v) is 3.71. The highest BCUT2D eigenvalue weighted by Crippen LogP contribution is 2.28. The van der Waals surface area contributed by atoms with Gasteiger partial charge in [0.05, 0.1) is 30.3 Å². The van der Waals surface area contributed by atoms with Crippen molar-refractivity contribution in [3.8, 4) is 5.75 Å². The predicted molar refractivity (Wildman–Crippen MR) is 97.7 cm³/mol. The minimum Gasteiger partial charge on any atom is -0.492 e. The fraction of sp³-hybridized carbons (Fsp3) is 0.333. The topological polar surface area (TPSA) is 97.4 Å². The van der Waals surface area contributed by atoms with Crippen LogP contribution in [-0.2, 0) is 10.0 Å². The number of aromatic nitrogens is 1. The lowest BCUT2D eigenvalue weighted by molar-refractivity contribution is 0.0948. The van der Waals surface area contributed by atoms with E-state index in [0.717, 1.165) is 12.8 Å². The van der Waals surface area contributed by atoms with Gasteiger partial charge in [-0.25, -0.2) is 8.42 Å². The van der Waals surface area contributed by atoms with Crippen LogP contribution in [0.3, 0.4) is 0 Å². The highest BCUT2D eigenvalue weighted by molar-refractivity contribution is 7.92. The monoisotopic (exact) mass is 375 g/mol. The van der Waals surface area contributed by atoms with Gasteiger partial charge in [-0.15, -0.1) is 0 Å². The molecule has 1 aromatic carbocycles. The molecular formula is C18H21N3O4S. The molecular weight excluding hydrogens is 354 g/mol. The van der Waals surface area contributed by atoms with Crippen LogP contribution in [-0.4, -0.2) is 32.5 Å². The summed E-state index contributed by atoms with van der Waals surface area (Å²) in [5.74, 6) is 0.579. The van der Waals surface area contributed by atoms with Gasteiger partial charge in [0.1, 0.15) is 10.6 Å². The van der Waals surface area contributed by atoms with Crippen molar-refractivity contribution in [2.24, 2.45) is 5.92 Å². The summed E-state index contributed by atoms with van der Waals surface area (Å²) in [5.41, 5.74) is 0.388. The van der Waals surface area contributed by atoms with Gasteiger partial charge in [0.25, 0.3) is 15.9 Å². The fourth-order valence-electron chi connectivity index (χ4n) is 2.47.